The van der Waals surface area contributed by atoms with Crippen molar-refractivity contribution in [1.82, 2.24) is 24.9 Å². The molecule has 6 nitrogen and oxygen atoms in total. The van der Waals surface area contributed by atoms with Gasteiger partial charge >= 0.3 is 0 Å². The molecule has 0 radical (unpaired) electrons. The van der Waals surface area contributed by atoms with E-state index in [1.165, 1.54) is 16.7 Å². The fraction of sp³-hybridized carbons (Fsp3) is 0.583. The summed E-state index contributed by atoms with van der Waals surface area (Å²) in [5.41, 5.74) is 5.39. The molecule has 1 aromatic heterocycles. The van der Waals surface area contributed by atoms with Crippen molar-refractivity contribution in [2.75, 3.05) is 27.2 Å². The van der Waals surface area contributed by atoms with Crippen molar-refractivity contribution in [2.45, 2.75) is 58.7 Å². The van der Waals surface area contributed by atoms with Gasteiger partial charge in [-0.1, -0.05) is 38.1 Å². The second kappa shape index (κ2) is 10.8. The molecule has 0 fully saturated rings. The van der Waals surface area contributed by atoms with Gasteiger partial charge in [0, 0.05) is 64.6 Å². The number of fused-ring (bicyclic) bond motifs is 1. The first-order chi connectivity index (χ1) is 14.2. The highest BCUT2D eigenvalue weighted by molar-refractivity contribution is 14.0. The first kappa shape index (κ1) is 25.6. The molecule has 3 rings (SSSR count). The Balaban J connectivity index is 0.00000341. The van der Waals surface area contributed by atoms with Crippen LogP contribution in [0.15, 0.2) is 35.5 Å². The van der Waals surface area contributed by atoms with Crippen LogP contribution in [-0.2, 0) is 26.6 Å². The maximum absolute atomic E-state index is 4.64. The van der Waals surface area contributed by atoms with Crippen molar-refractivity contribution in [3.05, 3.63) is 52.8 Å². The van der Waals surface area contributed by atoms with Gasteiger partial charge in [0.15, 0.2) is 5.96 Å². The normalized spacial score (nSPS) is 14.9. The largest absolute Gasteiger partial charge is 0.354 e. The number of nitrogens with zero attached hydrogens (tertiary/aromatic N) is 5. The van der Waals surface area contributed by atoms with Gasteiger partial charge in [0.25, 0.3) is 0 Å². The van der Waals surface area contributed by atoms with Crippen LogP contribution in [0.2, 0.25) is 0 Å². The Bertz CT molecular complexity index is 886. The van der Waals surface area contributed by atoms with Crippen LogP contribution < -0.4 is 5.32 Å². The Morgan fingerprint density at radius 2 is 1.94 bits per heavy atom. The van der Waals surface area contributed by atoms with Crippen molar-refractivity contribution in [2.24, 2.45) is 12.0 Å². The lowest BCUT2D eigenvalue weighted by molar-refractivity contribution is 0.106. The lowest BCUT2D eigenvalue weighted by Crippen LogP contribution is -2.54. The molecule has 0 bridgehead atoms. The van der Waals surface area contributed by atoms with Gasteiger partial charge in [-0.05, 0) is 37.3 Å². The van der Waals surface area contributed by atoms with Crippen LogP contribution in [0.25, 0.3) is 0 Å². The predicted molar refractivity (Wildman–Crippen MR) is 140 cm³/mol. The number of aliphatic imine (C=N–C) groups is 1. The third kappa shape index (κ3) is 6.22. The van der Waals surface area contributed by atoms with Crippen LogP contribution in [0.4, 0.5) is 0 Å². The Labute approximate surface area is 205 Å². The first-order valence-electron chi connectivity index (χ1n) is 11.0. The summed E-state index contributed by atoms with van der Waals surface area (Å²) in [5, 5.41) is 8.25. The maximum atomic E-state index is 4.64. The van der Waals surface area contributed by atoms with E-state index in [1.807, 2.05) is 18.8 Å². The van der Waals surface area contributed by atoms with Gasteiger partial charge in [-0.25, -0.2) is 0 Å². The van der Waals surface area contributed by atoms with E-state index in [4.69, 9.17) is 0 Å². The number of aryl methyl sites for hydroxylation is 1. The summed E-state index contributed by atoms with van der Waals surface area (Å²) in [6, 6.07) is 8.82. The van der Waals surface area contributed by atoms with Crippen molar-refractivity contribution in [3.63, 3.8) is 0 Å². The average molecular weight is 539 g/mol. The van der Waals surface area contributed by atoms with E-state index in [0.717, 1.165) is 44.3 Å². The summed E-state index contributed by atoms with van der Waals surface area (Å²) in [7, 11) is 5.94. The van der Waals surface area contributed by atoms with Gasteiger partial charge in [-0.2, -0.15) is 5.10 Å². The number of hydrogen-bond donors (Lipinski definition) is 1. The van der Waals surface area contributed by atoms with Gasteiger partial charge in [-0.15, -0.1) is 24.0 Å². The average Bonchev–Trinajstić information content (AvgIpc) is 3.08. The summed E-state index contributed by atoms with van der Waals surface area (Å²) in [5.74, 6) is 1.32. The molecule has 0 atom stereocenters. The molecule has 0 saturated heterocycles. The second-order valence-electron chi connectivity index (χ2n) is 9.38. The Morgan fingerprint density at radius 3 is 2.58 bits per heavy atom. The van der Waals surface area contributed by atoms with E-state index in [9.17, 15) is 0 Å². The van der Waals surface area contributed by atoms with E-state index >= 15 is 0 Å². The maximum Gasteiger partial charge on any atom is 0.193 e. The van der Waals surface area contributed by atoms with Crippen LogP contribution in [-0.4, -0.2) is 58.3 Å². The zero-order valence-corrected chi connectivity index (χ0v) is 22.5. The highest BCUT2D eigenvalue weighted by Crippen LogP contribution is 2.25. The molecule has 0 spiro atoms. The standard InChI is InChI=1S/C24H38N6.HI/c1-18(2)22-21(15-29(7)27-22)14-28(6)23(25-5)26-17-24(3,4)30-13-12-19-10-8-9-11-20(19)16-30;/h8-11,15,18H,12-14,16-17H2,1-7H3,(H,25,26);1H. The molecule has 0 unspecified atom stereocenters. The molecule has 1 aliphatic heterocycles. The fourth-order valence-electron chi connectivity index (χ4n) is 4.30. The SMILES string of the molecule is CN=C(NCC(C)(C)N1CCc2ccccc2C1)N(C)Cc1cn(C)nc1C(C)C.I. The van der Waals surface area contributed by atoms with E-state index in [1.54, 1.807) is 0 Å². The molecule has 1 aliphatic rings. The Kier molecular flexibility index (Phi) is 8.94. The molecule has 7 heteroatoms. The summed E-state index contributed by atoms with van der Waals surface area (Å²) in [6.07, 6.45) is 3.24. The number of nitrogens with one attached hydrogen (secondary N) is 1. The summed E-state index contributed by atoms with van der Waals surface area (Å²) in [6.45, 7) is 12.8. The van der Waals surface area contributed by atoms with Gasteiger partial charge in [0.2, 0.25) is 0 Å². The third-order valence-corrected chi connectivity index (χ3v) is 6.13. The van der Waals surface area contributed by atoms with Crippen LogP contribution in [0.5, 0.6) is 0 Å². The number of guanidine groups is 1. The number of hydrogen-bond acceptors (Lipinski definition) is 3. The molecule has 2 heterocycles. The monoisotopic (exact) mass is 538 g/mol. The number of rotatable bonds is 6. The summed E-state index contributed by atoms with van der Waals surface area (Å²) < 4.78 is 1.91. The minimum Gasteiger partial charge on any atom is -0.354 e. The van der Waals surface area contributed by atoms with Gasteiger partial charge in [0.1, 0.15) is 0 Å². The third-order valence-electron chi connectivity index (χ3n) is 6.13. The van der Waals surface area contributed by atoms with Crippen molar-refractivity contribution in [1.29, 1.82) is 0 Å². The predicted octanol–water partition coefficient (Wildman–Crippen LogP) is 4.01. The molecule has 172 valence electrons. The zero-order chi connectivity index (χ0) is 21.9. The molecule has 31 heavy (non-hydrogen) atoms. The molecule has 0 amide bonds. The minimum atomic E-state index is 0. The molecule has 1 N–H and O–H groups in total. The second-order valence-corrected chi connectivity index (χ2v) is 9.38. The minimum absolute atomic E-state index is 0. The quantitative estimate of drug-likeness (QED) is 0.343. The summed E-state index contributed by atoms with van der Waals surface area (Å²) >= 11 is 0. The molecule has 2 aromatic rings. The van der Waals surface area contributed by atoms with Crippen LogP contribution in [0, 0.1) is 0 Å². The van der Waals surface area contributed by atoms with E-state index < -0.39 is 0 Å². The van der Waals surface area contributed by atoms with Crippen molar-refractivity contribution >= 4 is 29.9 Å². The highest BCUT2D eigenvalue weighted by atomic mass is 127. The van der Waals surface area contributed by atoms with E-state index in [2.05, 4.69) is 90.4 Å². The number of aromatic nitrogens is 2. The molecular formula is C24H39IN6. The number of halogens is 1. The highest BCUT2D eigenvalue weighted by Gasteiger charge is 2.30. The topological polar surface area (TPSA) is 48.7 Å². The molecule has 1 aromatic carbocycles. The van der Waals surface area contributed by atoms with Gasteiger partial charge in [-0.3, -0.25) is 14.6 Å². The van der Waals surface area contributed by atoms with Crippen LogP contribution in [0.3, 0.4) is 0 Å². The molecule has 0 aliphatic carbocycles. The smallest absolute Gasteiger partial charge is 0.193 e. The fourth-order valence-corrected chi connectivity index (χ4v) is 4.30. The van der Waals surface area contributed by atoms with Crippen LogP contribution >= 0.6 is 24.0 Å². The van der Waals surface area contributed by atoms with Crippen molar-refractivity contribution < 1.29 is 0 Å². The van der Waals surface area contributed by atoms with Crippen LogP contribution in [0.1, 0.15) is 56.0 Å². The van der Waals surface area contributed by atoms with Gasteiger partial charge in [0.05, 0.1) is 5.69 Å². The van der Waals surface area contributed by atoms with E-state index in [-0.39, 0.29) is 29.5 Å². The van der Waals surface area contributed by atoms with Gasteiger partial charge < -0.3 is 10.2 Å². The van der Waals surface area contributed by atoms with E-state index in [0.29, 0.717) is 5.92 Å². The lowest BCUT2D eigenvalue weighted by Gasteiger charge is -2.42. The Hall–Kier alpha value is -1.61. The zero-order valence-electron chi connectivity index (χ0n) is 20.1. The number of benzene rings is 1. The van der Waals surface area contributed by atoms with Crippen molar-refractivity contribution in [3.8, 4) is 0 Å². The molecule has 0 saturated carbocycles. The summed E-state index contributed by atoms with van der Waals surface area (Å²) in [4.78, 5) is 9.30. The Morgan fingerprint density at radius 1 is 1.26 bits per heavy atom. The molecular weight excluding hydrogens is 499 g/mol. The first-order valence-corrected chi connectivity index (χ1v) is 11.0. The lowest BCUT2D eigenvalue weighted by atomic mass is 9.94.